The average molecular weight is 257 g/mol. The molecule has 1 N–H and O–H groups in total. The van der Waals surface area contributed by atoms with Crippen molar-refractivity contribution >= 4 is 17.5 Å². The molecule has 0 aliphatic carbocycles. The van der Waals surface area contributed by atoms with Crippen molar-refractivity contribution in [3.05, 3.63) is 34.6 Å². The van der Waals surface area contributed by atoms with E-state index in [0.717, 1.165) is 13.1 Å². The van der Waals surface area contributed by atoms with Crippen molar-refractivity contribution in [2.24, 2.45) is 0 Å². The Labute approximate surface area is 105 Å². The van der Waals surface area contributed by atoms with Crippen molar-refractivity contribution in [3.8, 4) is 0 Å². The van der Waals surface area contributed by atoms with Gasteiger partial charge >= 0.3 is 0 Å². The van der Waals surface area contributed by atoms with E-state index in [1.807, 2.05) is 6.92 Å². The van der Waals surface area contributed by atoms with E-state index in [9.17, 15) is 9.18 Å². The second kappa shape index (κ2) is 5.02. The lowest BCUT2D eigenvalue weighted by Crippen LogP contribution is -2.52. The van der Waals surface area contributed by atoms with Crippen molar-refractivity contribution in [2.75, 3.05) is 19.6 Å². The van der Waals surface area contributed by atoms with E-state index in [0.29, 0.717) is 12.1 Å². The van der Waals surface area contributed by atoms with E-state index in [2.05, 4.69) is 5.32 Å². The van der Waals surface area contributed by atoms with Gasteiger partial charge in [0.2, 0.25) is 0 Å². The standard InChI is InChI=1S/C12H14ClFN2O/c1-8-7-15-4-5-16(8)12(17)9-2-3-11(14)10(13)6-9/h2-3,6,8,15H,4-5,7H2,1H3/t8-/m1/s1. The number of piperazine rings is 1. The third-order valence-corrected chi connectivity index (χ3v) is 3.22. The van der Waals surface area contributed by atoms with Crippen molar-refractivity contribution in [1.82, 2.24) is 10.2 Å². The van der Waals surface area contributed by atoms with E-state index in [4.69, 9.17) is 11.6 Å². The Morgan fingerprint density at radius 2 is 2.35 bits per heavy atom. The number of benzene rings is 1. The molecule has 0 saturated carbocycles. The van der Waals surface area contributed by atoms with Gasteiger partial charge in [-0.15, -0.1) is 0 Å². The van der Waals surface area contributed by atoms with E-state index < -0.39 is 5.82 Å². The minimum Gasteiger partial charge on any atom is -0.333 e. The first-order valence-electron chi connectivity index (χ1n) is 5.56. The van der Waals surface area contributed by atoms with Gasteiger partial charge in [0.25, 0.3) is 5.91 Å². The predicted octanol–water partition coefficient (Wildman–Crippen LogP) is 1.91. The minimum absolute atomic E-state index is 0.0152. The minimum atomic E-state index is -0.503. The molecule has 1 amide bonds. The fourth-order valence-corrected chi connectivity index (χ4v) is 2.12. The lowest BCUT2D eigenvalue weighted by atomic mass is 10.1. The number of hydrogen-bond donors (Lipinski definition) is 1. The van der Waals surface area contributed by atoms with Crippen LogP contribution in [0.15, 0.2) is 18.2 Å². The summed E-state index contributed by atoms with van der Waals surface area (Å²) >= 11 is 5.68. The summed E-state index contributed by atoms with van der Waals surface area (Å²) in [5.41, 5.74) is 0.435. The summed E-state index contributed by atoms with van der Waals surface area (Å²) in [6, 6.07) is 4.22. The van der Waals surface area contributed by atoms with Gasteiger partial charge in [0.1, 0.15) is 5.82 Å². The van der Waals surface area contributed by atoms with E-state index in [-0.39, 0.29) is 17.0 Å². The van der Waals surface area contributed by atoms with Gasteiger partial charge in [-0.05, 0) is 25.1 Å². The van der Waals surface area contributed by atoms with Crippen LogP contribution in [0.3, 0.4) is 0 Å². The van der Waals surface area contributed by atoms with Crippen LogP contribution < -0.4 is 5.32 Å². The number of rotatable bonds is 1. The van der Waals surface area contributed by atoms with Gasteiger partial charge in [-0.25, -0.2) is 4.39 Å². The highest BCUT2D eigenvalue weighted by molar-refractivity contribution is 6.31. The summed E-state index contributed by atoms with van der Waals surface area (Å²) in [5.74, 6) is -0.600. The van der Waals surface area contributed by atoms with E-state index in [1.165, 1.54) is 18.2 Å². The van der Waals surface area contributed by atoms with E-state index >= 15 is 0 Å². The Kier molecular flexibility index (Phi) is 3.64. The monoisotopic (exact) mass is 256 g/mol. The zero-order chi connectivity index (χ0) is 12.4. The molecule has 1 aliphatic heterocycles. The van der Waals surface area contributed by atoms with Gasteiger partial charge in [0.15, 0.2) is 0 Å². The summed E-state index contributed by atoms with van der Waals surface area (Å²) in [5, 5.41) is 3.20. The van der Waals surface area contributed by atoms with Crippen LogP contribution in [0, 0.1) is 5.82 Å². The maximum atomic E-state index is 13.0. The second-order valence-corrected chi connectivity index (χ2v) is 4.59. The maximum absolute atomic E-state index is 13.0. The molecule has 1 aromatic carbocycles. The topological polar surface area (TPSA) is 32.3 Å². The highest BCUT2D eigenvalue weighted by Gasteiger charge is 2.24. The molecule has 92 valence electrons. The average Bonchev–Trinajstić information content (AvgIpc) is 2.32. The van der Waals surface area contributed by atoms with Gasteiger partial charge in [0, 0.05) is 31.2 Å². The highest BCUT2D eigenvalue weighted by Crippen LogP contribution is 2.18. The van der Waals surface area contributed by atoms with Crippen LogP contribution in [0.25, 0.3) is 0 Å². The smallest absolute Gasteiger partial charge is 0.254 e. The number of carbonyl (C=O) groups is 1. The predicted molar refractivity (Wildman–Crippen MR) is 64.8 cm³/mol. The molecule has 3 nitrogen and oxygen atoms in total. The Morgan fingerprint density at radius 1 is 1.59 bits per heavy atom. The Hall–Kier alpha value is -1.13. The van der Waals surface area contributed by atoms with Crippen LogP contribution in [-0.2, 0) is 0 Å². The van der Waals surface area contributed by atoms with Crippen LogP contribution in [0.2, 0.25) is 5.02 Å². The first-order valence-corrected chi connectivity index (χ1v) is 5.94. The second-order valence-electron chi connectivity index (χ2n) is 4.18. The maximum Gasteiger partial charge on any atom is 0.254 e. The molecule has 1 atom stereocenters. The molecule has 5 heteroatoms. The van der Waals surface area contributed by atoms with Gasteiger partial charge in [0.05, 0.1) is 5.02 Å². The van der Waals surface area contributed by atoms with Gasteiger partial charge < -0.3 is 10.2 Å². The Balaban J connectivity index is 2.21. The van der Waals surface area contributed by atoms with Crippen LogP contribution in [0.1, 0.15) is 17.3 Å². The molecule has 0 aromatic heterocycles. The van der Waals surface area contributed by atoms with Crippen molar-refractivity contribution < 1.29 is 9.18 Å². The van der Waals surface area contributed by atoms with Crippen molar-refractivity contribution in [2.45, 2.75) is 13.0 Å². The molecule has 1 saturated heterocycles. The molecule has 17 heavy (non-hydrogen) atoms. The number of amides is 1. The number of nitrogens with one attached hydrogen (secondary N) is 1. The Bertz CT molecular complexity index is 439. The van der Waals surface area contributed by atoms with Gasteiger partial charge in [-0.3, -0.25) is 4.79 Å². The number of nitrogens with zero attached hydrogens (tertiary/aromatic N) is 1. The largest absolute Gasteiger partial charge is 0.333 e. The summed E-state index contributed by atoms with van der Waals surface area (Å²) in [7, 11) is 0. The highest BCUT2D eigenvalue weighted by atomic mass is 35.5. The Morgan fingerprint density at radius 3 is 3.00 bits per heavy atom. The third kappa shape index (κ3) is 2.58. The lowest BCUT2D eigenvalue weighted by molar-refractivity contribution is 0.0655. The third-order valence-electron chi connectivity index (χ3n) is 2.93. The van der Waals surface area contributed by atoms with Crippen LogP contribution in [-0.4, -0.2) is 36.5 Å². The molecule has 0 bridgehead atoms. The van der Waals surface area contributed by atoms with E-state index in [1.54, 1.807) is 4.90 Å². The molecule has 0 radical (unpaired) electrons. The van der Waals surface area contributed by atoms with Gasteiger partial charge in [-0.2, -0.15) is 0 Å². The lowest BCUT2D eigenvalue weighted by Gasteiger charge is -2.34. The van der Waals surface area contributed by atoms with Crippen molar-refractivity contribution in [3.63, 3.8) is 0 Å². The SMILES string of the molecule is C[C@@H]1CNCCN1C(=O)c1ccc(F)c(Cl)c1. The summed E-state index contributed by atoms with van der Waals surface area (Å²) in [4.78, 5) is 14.0. The van der Waals surface area contributed by atoms with Gasteiger partial charge in [-0.1, -0.05) is 11.6 Å². The molecular weight excluding hydrogens is 243 g/mol. The fraction of sp³-hybridized carbons (Fsp3) is 0.417. The first kappa shape index (κ1) is 12.3. The quantitative estimate of drug-likeness (QED) is 0.833. The normalized spacial score (nSPS) is 20.4. The zero-order valence-electron chi connectivity index (χ0n) is 9.54. The van der Waals surface area contributed by atoms with Crippen molar-refractivity contribution in [1.29, 1.82) is 0 Å². The van der Waals surface area contributed by atoms with Crippen LogP contribution in [0.4, 0.5) is 4.39 Å². The molecule has 1 heterocycles. The molecule has 0 unspecified atom stereocenters. The molecule has 1 aliphatic rings. The summed E-state index contributed by atoms with van der Waals surface area (Å²) < 4.78 is 13.0. The summed E-state index contributed by atoms with van der Waals surface area (Å²) in [6.45, 7) is 4.20. The number of carbonyl (C=O) groups excluding carboxylic acids is 1. The fourth-order valence-electron chi connectivity index (χ4n) is 1.94. The molecule has 0 spiro atoms. The number of hydrogen-bond acceptors (Lipinski definition) is 2. The zero-order valence-corrected chi connectivity index (χ0v) is 10.3. The molecular formula is C12H14ClFN2O. The molecule has 1 fully saturated rings. The first-order chi connectivity index (χ1) is 8.09. The summed E-state index contributed by atoms with van der Waals surface area (Å²) in [6.07, 6.45) is 0. The van der Waals surface area contributed by atoms with Crippen LogP contribution in [0.5, 0.6) is 0 Å². The molecule has 2 rings (SSSR count). The molecule has 1 aromatic rings. The van der Waals surface area contributed by atoms with Crippen LogP contribution >= 0.6 is 11.6 Å². The number of halogens is 2.